The van der Waals surface area contributed by atoms with Gasteiger partial charge in [0.15, 0.2) is 0 Å². The molecule has 3 aromatic carbocycles. The van der Waals surface area contributed by atoms with E-state index in [1.165, 1.54) is 51.2 Å². The Labute approximate surface area is 533 Å². The number of methoxy groups -OCH3 is 2. The molecule has 0 unspecified atom stereocenters. The molecule has 0 saturated carbocycles. The molecule has 0 N–H and O–H groups in total. The molecule has 0 aliphatic rings. The van der Waals surface area contributed by atoms with E-state index in [0.717, 1.165) is 81.8 Å². The van der Waals surface area contributed by atoms with Gasteiger partial charge in [0.25, 0.3) is 0 Å². The lowest BCUT2D eigenvalue weighted by molar-refractivity contribution is -0.311. The van der Waals surface area contributed by atoms with E-state index in [9.17, 15) is 30.7 Å². The second-order valence-corrected chi connectivity index (χ2v) is 52.4. The highest BCUT2D eigenvalue weighted by molar-refractivity contribution is 6.92. The van der Waals surface area contributed by atoms with Crippen LogP contribution >= 0.6 is 0 Å². The molecule has 0 amide bonds. The zero-order valence-electron chi connectivity index (χ0n) is 57.7. The largest absolute Gasteiger partial charge is 0.522 e. The molecule has 3 aromatic rings. The Morgan fingerprint density at radius 2 is 0.614 bits per heavy atom. The van der Waals surface area contributed by atoms with Gasteiger partial charge in [0, 0.05) is 87.6 Å². The lowest BCUT2D eigenvalue weighted by Crippen LogP contribution is -2.45. The lowest BCUT2D eigenvalue weighted by atomic mass is 9.79. The molecular formula is C64H115F7O11Si6. The number of unbranched alkanes of at least 4 members (excludes halogenated alkanes) is 4. The van der Waals surface area contributed by atoms with E-state index in [-0.39, 0.29) is 12.0 Å². The number of rotatable bonds is 41. The molecule has 0 fully saturated rings. The van der Waals surface area contributed by atoms with Crippen LogP contribution in [-0.2, 0) is 61.1 Å². The summed E-state index contributed by atoms with van der Waals surface area (Å²) in [5.74, 6) is 0. The summed E-state index contributed by atoms with van der Waals surface area (Å²) in [5.41, 5.74) is 1.77. The van der Waals surface area contributed by atoms with Crippen LogP contribution in [-0.4, -0.2) is 158 Å². The summed E-state index contributed by atoms with van der Waals surface area (Å²) >= 11 is 0. The fourth-order valence-electron chi connectivity index (χ4n) is 10.3. The minimum absolute atomic E-state index is 0.0848. The Balaban J connectivity index is 0.000000843. The average molecular weight is 1360 g/mol. The maximum absolute atomic E-state index is 14.7. The first-order valence-electron chi connectivity index (χ1n) is 31.1. The van der Waals surface area contributed by atoms with Crippen molar-refractivity contribution >= 4 is 70.7 Å². The molecule has 24 heteroatoms. The van der Waals surface area contributed by atoms with E-state index in [0.29, 0.717) is 20.3 Å². The van der Waals surface area contributed by atoms with Gasteiger partial charge in [-0.25, -0.2) is 0 Å². The van der Waals surface area contributed by atoms with Gasteiger partial charge in [-0.3, -0.25) is 4.74 Å². The summed E-state index contributed by atoms with van der Waals surface area (Å²) in [4.78, 5) is 0. The maximum atomic E-state index is 14.7. The quantitative estimate of drug-likeness (QED) is 0.0308. The summed E-state index contributed by atoms with van der Waals surface area (Å²) in [7, 11) is 0.210. The van der Waals surface area contributed by atoms with Gasteiger partial charge in [-0.05, 0) is 48.6 Å². The molecule has 0 heterocycles. The van der Waals surface area contributed by atoms with Crippen LogP contribution in [0.5, 0.6) is 0 Å². The van der Waals surface area contributed by atoms with Crippen molar-refractivity contribution in [2.75, 3.05) is 89.9 Å². The third-order valence-electron chi connectivity index (χ3n) is 17.6. The minimum Gasteiger partial charge on any atom is -0.377 e. The van der Waals surface area contributed by atoms with Gasteiger partial charge in [0.05, 0.1) is 38.9 Å². The molecule has 0 aliphatic carbocycles. The fraction of sp³-hybridized carbons (Fsp3) is 0.719. The molecule has 510 valence electrons. The Bertz CT molecular complexity index is 2320. The molecule has 3 rings (SSSR count). The second kappa shape index (κ2) is 38.4. The van der Waals surface area contributed by atoms with E-state index in [1.807, 2.05) is 26.0 Å². The van der Waals surface area contributed by atoms with Crippen molar-refractivity contribution in [3.63, 3.8) is 0 Å². The van der Waals surface area contributed by atoms with Gasteiger partial charge in [-0.2, -0.15) is 17.6 Å². The molecule has 0 spiro atoms. The van der Waals surface area contributed by atoms with Crippen LogP contribution in [0.3, 0.4) is 0 Å². The Morgan fingerprint density at radius 1 is 0.341 bits per heavy atom. The Kier molecular flexibility index (Phi) is 36.7. The molecular weight excluding hydrogens is 1250 g/mol. The van der Waals surface area contributed by atoms with Crippen molar-refractivity contribution in [1.29, 1.82) is 0 Å². The maximum Gasteiger partial charge on any atom is 0.522 e. The third-order valence-corrected chi connectivity index (χ3v) is 37.2. The minimum atomic E-state index is -4.46. The Hall–Kier alpha value is -1.97. The molecule has 88 heavy (non-hydrogen) atoms. The zero-order chi connectivity index (χ0) is 67.4. The average Bonchev–Trinajstić information content (AvgIpc) is 1.89. The first kappa shape index (κ1) is 84.0. The highest BCUT2D eigenvalue weighted by Crippen LogP contribution is 2.32. The summed E-state index contributed by atoms with van der Waals surface area (Å²) in [6.07, 6.45) is -1.65. The normalized spacial score (nSPS) is 13.5. The smallest absolute Gasteiger partial charge is 0.377 e. The van der Waals surface area contributed by atoms with E-state index in [4.69, 9.17) is 40.8 Å². The topological polar surface area (TPSA) is 102 Å². The van der Waals surface area contributed by atoms with Crippen molar-refractivity contribution in [3.05, 3.63) is 83.9 Å². The first-order valence-corrected chi connectivity index (χ1v) is 47.8. The van der Waals surface area contributed by atoms with Crippen LogP contribution in [0, 0.1) is 0 Å². The number of benzene rings is 3. The Morgan fingerprint density at radius 3 is 0.886 bits per heavy atom. The number of ether oxygens (including phenoxy) is 5. The van der Waals surface area contributed by atoms with Gasteiger partial charge < -0.3 is 45.5 Å². The van der Waals surface area contributed by atoms with Gasteiger partial charge in [0.2, 0.25) is 0 Å². The number of halogens is 7. The summed E-state index contributed by atoms with van der Waals surface area (Å²) in [6.45, 7) is 28.8. The number of hydrogen-bond donors (Lipinski definition) is 0. The van der Waals surface area contributed by atoms with Crippen LogP contribution in [0.15, 0.2) is 72.8 Å². The highest BCUT2D eigenvalue weighted by atomic mass is 28.4. The summed E-state index contributed by atoms with van der Waals surface area (Å²) in [6, 6.07) is 33.0. The van der Waals surface area contributed by atoms with Crippen molar-refractivity contribution in [2.45, 2.75) is 210 Å². The van der Waals surface area contributed by atoms with Gasteiger partial charge >= 0.3 is 36.2 Å². The molecule has 0 atom stereocenters. The second-order valence-electron chi connectivity index (χ2n) is 26.8. The van der Waals surface area contributed by atoms with Crippen molar-refractivity contribution in [1.82, 2.24) is 0 Å². The molecule has 11 nitrogen and oxygen atoms in total. The SMILES string of the molecule is CCC(C)(C)c1ccc(C(C)(C)COC(F)(F)COCCC[Si](C)(C)c2ccc([Si](C)(C)CCCCC[Si](OC)(OC)OC)cc2)cc1.COC(F)(F)COCCC[Si](C)(C)c1ccc([Si](C)(C)CCCCC[Si](OC)(OC)OC)cc1.COC(F)(F)F. The van der Waals surface area contributed by atoms with Crippen LogP contribution in [0.25, 0.3) is 0 Å². The monoisotopic (exact) mass is 1360 g/mol. The van der Waals surface area contributed by atoms with Crippen LogP contribution < -0.4 is 20.7 Å². The molecule has 0 aromatic heterocycles. The van der Waals surface area contributed by atoms with E-state index < -0.39 is 87.1 Å². The molecule has 0 saturated heterocycles. The van der Waals surface area contributed by atoms with Crippen molar-refractivity contribution in [3.8, 4) is 0 Å². The zero-order valence-corrected chi connectivity index (χ0v) is 63.7. The van der Waals surface area contributed by atoms with E-state index in [1.54, 1.807) is 42.7 Å². The van der Waals surface area contributed by atoms with E-state index >= 15 is 0 Å². The van der Waals surface area contributed by atoms with Crippen LogP contribution in [0.2, 0.25) is 88.6 Å². The molecule has 0 aliphatic heterocycles. The molecule has 0 bridgehead atoms. The highest BCUT2D eigenvalue weighted by Gasteiger charge is 2.39. The standard InChI is InChI=1S/C38H66F2O5Si3.C24H46F2O5Si3.C2H3F3O/c1-13-36(2,3)32-18-20-33(21-19-32)37(4,5)30-45-38(39,40)31-44-26-17-28-47(11,12)35-24-22-34(23-25-35)46(9,10)27-15-14-16-29-48(41-6,42-7)43-8;1-27-24(25,26)21-31-17-12-19-33(7,8)23-15-13-22(14-16-23)32(5,6)18-10-9-11-20-34(28-2,29-3)30-4;1-6-2(3,4)5/h18-25H,13-17,26-31H2,1-12H3;13-16H,9-12,17-21H2,1-8H3;1H3. The van der Waals surface area contributed by atoms with Gasteiger partial charge in [0.1, 0.15) is 13.2 Å². The summed E-state index contributed by atoms with van der Waals surface area (Å²) < 4.78 is 143. The van der Waals surface area contributed by atoms with Gasteiger partial charge in [-0.1, -0.05) is 230 Å². The first-order chi connectivity index (χ1) is 40.7. The predicted octanol–water partition coefficient (Wildman–Crippen LogP) is 15.6. The third kappa shape index (κ3) is 30.4. The number of hydrogen-bond acceptors (Lipinski definition) is 11. The summed E-state index contributed by atoms with van der Waals surface area (Å²) in [5, 5.41) is 5.78. The number of alkyl halides is 7. The van der Waals surface area contributed by atoms with E-state index in [2.05, 4.69) is 143 Å². The van der Waals surface area contributed by atoms with Crippen LogP contribution in [0.1, 0.15) is 104 Å². The molecule has 0 radical (unpaired) electrons. The fourth-order valence-corrected chi connectivity index (χ4v) is 23.6. The van der Waals surface area contributed by atoms with Crippen molar-refractivity contribution < 1.29 is 81.0 Å². The van der Waals surface area contributed by atoms with Crippen LogP contribution in [0.4, 0.5) is 30.7 Å². The lowest BCUT2D eigenvalue weighted by Gasteiger charge is -2.29. The van der Waals surface area contributed by atoms with Gasteiger partial charge in [-0.15, -0.1) is 13.2 Å². The van der Waals surface area contributed by atoms with Crippen molar-refractivity contribution in [2.24, 2.45) is 0 Å². The predicted molar refractivity (Wildman–Crippen MR) is 361 cm³/mol.